The van der Waals surface area contributed by atoms with Gasteiger partial charge in [0.2, 0.25) is 21.8 Å². The molecule has 1 aliphatic rings. The van der Waals surface area contributed by atoms with E-state index in [1.54, 1.807) is 17.0 Å². The molecule has 39 heavy (non-hydrogen) atoms. The van der Waals surface area contributed by atoms with Crippen LogP contribution in [0.25, 0.3) is 21.3 Å². The predicted octanol–water partition coefficient (Wildman–Crippen LogP) is 1.80. The number of morpholine rings is 1. The number of rotatable bonds is 10. The Bertz CT molecular complexity index is 1450. The lowest BCUT2D eigenvalue weighted by atomic mass is 10.0. The van der Waals surface area contributed by atoms with Gasteiger partial charge in [0, 0.05) is 31.6 Å². The van der Waals surface area contributed by atoms with Gasteiger partial charge in [0.05, 0.1) is 29.2 Å². The van der Waals surface area contributed by atoms with Crippen LogP contribution >= 0.6 is 11.3 Å². The first-order chi connectivity index (χ1) is 18.6. The normalized spacial score (nSPS) is 14.7. The lowest BCUT2D eigenvalue weighted by Gasteiger charge is -2.26. The van der Waals surface area contributed by atoms with Gasteiger partial charge in [-0.2, -0.15) is 0 Å². The van der Waals surface area contributed by atoms with Crippen LogP contribution in [0.5, 0.6) is 0 Å². The number of benzene rings is 2. The topological polar surface area (TPSA) is 161 Å². The number of nitrogens with two attached hydrogens (primary N) is 1. The summed E-state index contributed by atoms with van der Waals surface area (Å²) in [6, 6.07) is 12.0. The molecule has 0 saturated carbocycles. The Kier molecular flexibility index (Phi) is 9.28. The molecule has 0 spiro atoms. The van der Waals surface area contributed by atoms with E-state index in [2.05, 4.69) is 15.6 Å². The van der Waals surface area contributed by atoms with Gasteiger partial charge >= 0.3 is 0 Å². The van der Waals surface area contributed by atoms with Crippen molar-refractivity contribution in [1.82, 2.24) is 20.5 Å². The largest absolute Gasteiger partial charge is 0.378 e. The zero-order valence-electron chi connectivity index (χ0n) is 21.5. The molecule has 11 nitrogen and oxygen atoms in total. The number of amides is 3. The Morgan fingerprint density at radius 3 is 2.46 bits per heavy atom. The van der Waals surface area contributed by atoms with Crippen molar-refractivity contribution in [3.8, 4) is 11.1 Å². The maximum Gasteiger partial charge on any atom is 0.254 e. The molecule has 4 rings (SSSR count). The second-order valence-corrected chi connectivity index (χ2v) is 11.9. The Hall–Kier alpha value is -3.39. The number of fused-ring (bicyclic) bond motifs is 1. The maximum absolute atomic E-state index is 12.9. The molecule has 4 N–H and O–H groups in total. The van der Waals surface area contributed by atoms with Gasteiger partial charge in [-0.15, -0.1) is 11.3 Å². The highest BCUT2D eigenvalue weighted by Crippen LogP contribution is 2.31. The third-order valence-corrected chi connectivity index (χ3v) is 8.00. The molecule has 2 heterocycles. The minimum atomic E-state index is -3.75. The van der Waals surface area contributed by atoms with Gasteiger partial charge in [-0.1, -0.05) is 25.1 Å². The first-order valence-electron chi connectivity index (χ1n) is 12.6. The molecule has 0 aliphatic carbocycles. The molecule has 3 aromatic rings. The van der Waals surface area contributed by atoms with Crippen molar-refractivity contribution in [2.45, 2.75) is 25.8 Å². The van der Waals surface area contributed by atoms with Gasteiger partial charge in [0.25, 0.3) is 5.91 Å². The molecular weight excluding hydrogens is 542 g/mol. The summed E-state index contributed by atoms with van der Waals surface area (Å²) < 4.78 is 28.6. The molecule has 1 aliphatic heterocycles. The van der Waals surface area contributed by atoms with Gasteiger partial charge < -0.3 is 20.3 Å². The fraction of sp³-hybridized carbons (Fsp3) is 0.385. The summed E-state index contributed by atoms with van der Waals surface area (Å²) in [7, 11) is -3.75. The second-order valence-electron chi connectivity index (χ2n) is 9.13. The van der Waals surface area contributed by atoms with Gasteiger partial charge in [0.15, 0.2) is 6.04 Å². The predicted molar refractivity (Wildman–Crippen MR) is 149 cm³/mol. The summed E-state index contributed by atoms with van der Waals surface area (Å²) in [5, 5.41) is 10.6. The van der Waals surface area contributed by atoms with E-state index in [0.29, 0.717) is 48.8 Å². The first kappa shape index (κ1) is 28.6. The molecule has 1 aromatic heterocycles. The van der Waals surface area contributed by atoms with Gasteiger partial charge in [-0.3, -0.25) is 14.4 Å². The highest BCUT2D eigenvalue weighted by molar-refractivity contribution is 7.89. The fourth-order valence-electron chi connectivity index (χ4n) is 4.12. The minimum Gasteiger partial charge on any atom is -0.378 e. The quantitative estimate of drug-likeness (QED) is 0.333. The van der Waals surface area contributed by atoms with E-state index in [4.69, 9.17) is 9.88 Å². The maximum atomic E-state index is 12.9. The molecule has 1 unspecified atom stereocenters. The summed E-state index contributed by atoms with van der Waals surface area (Å²) in [5.74, 6) is -1.32. The standard InChI is InChI=1S/C26H31N5O6S2/c1-2-3-22(32)30-23(24(33)28-10-15-39(27,35)36)25-29-20-9-8-19(16-21(20)38-25)17-4-6-18(7-5-17)26(34)31-11-13-37-14-12-31/h4-9,16,23H,2-3,10-15H2,1H3,(H,28,33)(H,30,32)(H2,27,35,36). The van der Waals surface area contributed by atoms with Crippen LogP contribution in [0.3, 0.4) is 0 Å². The highest BCUT2D eigenvalue weighted by Gasteiger charge is 2.26. The number of primary sulfonamides is 1. The summed E-state index contributed by atoms with van der Waals surface area (Å²) in [5.41, 5.74) is 3.09. The third-order valence-electron chi connectivity index (χ3n) is 6.15. The van der Waals surface area contributed by atoms with Crippen LogP contribution in [0.15, 0.2) is 42.5 Å². The average Bonchev–Trinajstić information content (AvgIpc) is 3.34. The average molecular weight is 574 g/mol. The van der Waals surface area contributed by atoms with Crippen molar-refractivity contribution in [1.29, 1.82) is 0 Å². The van der Waals surface area contributed by atoms with Crippen molar-refractivity contribution >= 4 is 49.3 Å². The van der Waals surface area contributed by atoms with E-state index in [9.17, 15) is 22.8 Å². The lowest BCUT2D eigenvalue weighted by Crippen LogP contribution is -2.42. The van der Waals surface area contributed by atoms with E-state index in [0.717, 1.165) is 15.8 Å². The van der Waals surface area contributed by atoms with Crippen LogP contribution in [0, 0.1) is 0 Å². The van der Waals surface area contributed by atoms with Crippen molar-refractivity contribution in [3.05, 3.63) is 53.0 Å². The first-order valence-corrected chi connectivity index (χ1v) is 15.1. The fourth-order valence-corrected chi connectivity index (χ4v) is 5.56. The molecule has 1 fully saturated rings. The molecule has 1 saturated heterocycles. The van der Waals surface area contributed by atoms with Gasteiger partial charge in [-0.05, 0) is 41.8 Å². The SMILES string of the molecule is CCCC(=O)NC(C(=O)NCCS(N)(=O)=O)c1nc2ccc(-c3ccc(C(=O)N4CCOCC4)cc3)cc2s1. The number of nitrogens with one attached hydrogen (secondary N) is 2. The molecule has 0 bridgehead atoms. The molecule has 208 valence electrons. The zero-order chi connectivity index (χ0) is 28.0. The van der Waals surface area contributed by atoms with Crippen molar-refractivity contribution < 1.29 is 27.5 Å². The second kappa shape index (κ2) is 12.6. The summed E-state index contributed by atoms with van der Waals surface area (Å²) in [4.78, 5) is 44.3. The zero-order valence-corrected chi connectivity index (χ0v) is 23.1. The number of carbonyl (C=O) groups excluding carboxylic acids is 3. The van der Waals surface area contributed by atoms with Crippen LogP contribution in [0.1, 0.15) is 41.2 Å². The summed E-state index contributed by atoms with van der Waals surface area (Å²) in [6.45, 7) is 3.91. The third kappa shape index (κ3) is 7.60. The lowest BCUT2D eigenvalue weighted by molar-refractivity contribution is -0.129. The number of aromatic nitrogens is 1. The Morgan fingerprint density at radius 1 is 1.10 bits per heavy atom. The Morgan fingerprint density at radius 2 is 1.79 bits per heavy atom. The summed E-state index contributed by atoms with van der Waals surface area (Å²) >= 11 is 1.27. The number of thiazole rings is 1. The van der Waals surface area contributed by atoms with Crippen LogP contribution in [0.2, 0.25) is 0 Å². The number of hydrogen-bond acceptors (Lipinski definition) is 8. The van der Waals surface area contributed by atoms with Gasteiger partial charge in [-0.25, -0.2) is 18.5 Å². The van der Waals surface area contributed by atoms with Crippen LogP contribution < -0.4 is 15.8 Å². The van der Waals surface area contributed by atoms with E-state index in [1.165, 1.54) is 11.3 Å². The highest BCUT2D eigenvalue weighted by atomic mass is 32.2. The van der Waals surface area contributed by atoms with Crippen molar-refractivity contribution in [3.63, 3.8) is 0 Å². The van der Waals surface area contributed by atoms with E-state index in [-0.39, 0.29) is 24.8 Å². The van der Waals surface area contributed by atoms with E-state index >= 15 is 0 Å². The number of hydrogen-bond donors (Lipinski definition) is 3. The molecule has 13 heteroatoms. The van der Waals surface area contributed by atoms with Crippen molar-refractivity contribution in [2.75, 3.05) is 38.6 Å². The number of carbonyl (C=O) groups is 3. The van der Waals surface area contributed by atoms with Crippen LogP contribution in [-0.2, 0) is 24.3 Å². The molecule has 2 aromatic carbocycles. The van der Waals surface area contributed by atoms with Gasteiger partial charge in [0.1, 0.15) is 5.01 Å². The summed E-state index contributed by atoms with van der Waals surface area (Å²) in [6.07, 6.45) is 0.839. The number of sulfonamides is 1. The van der Waals surface area contributed by atoms with Crippen molar-refractivity contribution in [2.24, 2.45) is 5.14 Å². The molecule has 0 radical (unpaired) electrons. The minimum absolute atomic E-state index is 0.0223. The number of ether oxygens (including phenoxy) is 1. The molecular formula is C26H31N5O6S2. The van der Waals surface area contributed by atoms with Crippen LogP contribution in [0.4, 0.5) is 0 Å². The smallest absolute Gasteiger partial charge is 0.254 e. The number of nitrogens with zero attached hydrogens (tertiary/aromatic N) is 2. The molecule has 3 amide bonds. The molecule has 1 atom stereocenters. The monoisotopic (exact) mass is 573 g/mol. The van der Waals surface area contributed by atoms with Crippen LogP contribution in [-0.4, -0.2) is 74.6 Å². The Labute approximate surface area is 230 Å². The van der Waals surface area contributed by atoms with E-state index < -0.39 is 27.7 Å². The Balaban J connectivity index is 1.54. The van der Waals surface area contributed by atoms with E-state index in [1.807, 2.05) is 37.3 Å².